The molecule has 0 fully saturated rings. The highest BCUT2D eigenvalue weighted by atomic mass is 19.1. The van der Waals surface area contributed by atoms with Gasteiger partial charge in [0.15, 0.2) is 17.7 Å². The van der Waals surface area contributed by atoms with Crippen molar-refractivity contribution in [1.29, 1.82) is 0 Å². The van der Waals surface area contributed by atoms with Crippen LogP contribution in [0.4, 0.5) is 15.8 Å². The molecule has 1 atom stereocenters. The van der Waals surface area contributed by atoms with Crippen molar-refractivity contribution in [1.82, 2.24) is 0 Å². The molecule has 2 N–H and O–H groups in total. The lowest BCUT2D eigenvalue weighted by molar-refractivity contribution is -0.123. The molecule has 0 aliphatic heterocycles. The van der Waals surface area contributed by atoms with E-state index in [1.165, 1.54) is 19.1 Å². The smallest absolute Gasteiger partial charge is 0.265 e. The second-order valence-electron chi connectivity index (χ2n) is 5.19. The maximum Gasteiger partial charge on any atom is 0.265 e. The van der Waals surface area contributed by atoms with Gasteiger partial charge in [-0.1, -0.05) is 19.1 Å². The molecule has 0 radical (unpaired) electrons. The molecule has 5 nitrogen and oxygen atoms in total. The minimum Gasteiger partial charge on any atom is -0.478 e. The van der Waals surface area contributed by atoms with Gasteiger partial charge in [-0.05, 0) is 42.8 Å². The molecule has 6 heteroatoms. The predicted octanol–water partition coefficient (Wildman–Crippen LogP) is 3.58. The van der Waals surface area contributed by atoms with E-state index >= 15 is 0 Å². The number of halogens is 1. The van der Waals surface area contributed by atoms with Gasteiger partial charge < -0.3 is 15.4 Å². The number of hydrogen-bond donors (Lipinski definition) is 2. The van der Waals surface area contributed by atoms with E-state index in [1.54, 1.807) is 43.3 Å². The van der Waals surface area contributed by atoms with Gasteiger partial charge in [-0.15, -0.1) is 0 Å². The van der Waals surface area contributed by atoms with E-state index < -0.39 is 11.9 Å². The molecule has 0 saturated carbocycles. The van der Waals surface area contributed by atoms with Gasteiger partial charge in [0.05, 0.1) is 0 Å². The van der Waals surface area contributed by atoms with E-state index in [4.69, 9.17) is 4.74 Å². The molecule has 0 aliphatic carbocycles. The predicted molar refractivity (Wildman–Crippen MR) is 90.5 cm³/mol. The van der Waals surface area contributed by atoms with E-state index in [9.17, 15) is 14.0 Å². The minimum atomic E-state index is -0.808. The second kappa shape index (κ2) is 8.10. The Labute approximate surface area is 139 Å². The summed E-state index contributed by atoms with van der Waals surface area (Å²) >= 11 is 0. The third kappa shape index (κ3) is 4.81. The fourth-order valence-electron chi connectivity index (χ4n) is 2.08. The first-order valence-corrected chi connectivity index (χ1v) is 7.59. The monoisotopic (exact) mass is 330 g/mol. The summed E-state index contributed by atoms with van der Waals surface area (Å²) in [5, 5.41) is 5.35. The average molecular weight is 330 g/mol. The number of para-hydroxylation sites is 1. The van der Waals surface area contributed by atoms with Crippen molar-refractivity contribution in [3.8, 4) is 5.75 Å². The zero-order chi connectivity index (χ0) is 17.5. The van der Waals surface area contributed by atoms with E-state index in [0.717, 1.165) is 0 Å². The topological polar surface area (TPSA) is 67.4 Å². The number of carbonyl (C=O) groups excluding carboxylic acids is 2. The van der Waals surface area contributed by atoms with Gasteiger partial charge in [-0.25, -0.2) is 4.39 Å². The molecule has 0 bridgehead atoms. The number of benzene rings is 2. The molecular formula is C18H19FN2O3. The van der Waals surface area contributed by atoms with Crippen LogP contribution in [0.1, 0.15) is 20.3 Å². The normalized spacial score (nSPS) is 11.5. The summed E-state index contributed by atoms with van der Waals surface area (Å²) < 4.78 is 19.1. The maximum absolute atomic E-state index is 13.6. The van der Waals surface area contributed by atoms with Gasteiger partial charge in [0.1, 0.15) is 0 Å². The molecule has 2 rings (SSSR count). The molecule has 0 spiro atoms. The lowest BCUT2D eigenvalue weighted by Crippen LogP contribution is -2.32. The summed E-state index contributed by atoms with van der Waals surface area (Å²) in [7, 11) is 0. The van der Waals surface area contributed by atoms with Crippen LogP contribution in [0.2, 0.25) is 0 Å². The molecular weight excluding hydrogens is 311 g/mol. The molecule has 126 valence electrons. The number of ether oxygens (including phenoxy) is 1. The van der Waals surface area contributed by atoms with Crippen molar-refractivity contribution < 1.29 is 18.7 Å². The molecule has 1 unspecified atom stereocenters. The zero-order valence-electron chi connectivity index (χ0n) is 13.5. The number of nitrogens with one attached hydrogen (secondary N) is 2. The molecule has 0 aromatic heterocycles. The zero-order valence-corrected chi connectivity index (χ0v) is 13.5. The highest BCUT2D eigenvalue weighted by molar-refractivity contribution is 5.95. The van der Waals surface area contributed by atoms with Gasteiger partial charge in [0.25, 0.3) is 5.91 Å². The van der Waals surface area contributed by atoms with E-state index in [-0.39, 0.29) is 17.6 Å². The second-order valence-corrected chi connectivity index (χ2v) is 5.19. The molecule has 0 heterocycles. The van der Waals surface area contributed by atoms with Crippen LogP contribution in [-0.4, -0.2) is 17.9 Å². The SMILES string of the molecule is CCC(Oc1ccccc1F)C(=O)Nc1ccc(NC(C)=O)cc1. The number of rotatable bonds is 6. The molecule has 0 saturated heterocycles. The Morgan fingerprint density at radius 3 is 2.17 bits per heavy atom. The van der Waals surface area contributed by atoms with Crippen molar-refractivity contribution in [3.05, 3.63) is 54.3 Å². The summed E-state index contributed by atoms with van der Waals surface area (Å²) in [6.45, 7) is 3.20. The van der Waals surface area contributed by atoms with Crippen molar-refractivity contribution in [2.24, 2.45) is 0 Å². The first-order chi connectivity index (χ1) is 11.5. The summed E-state index contributed by atoms with van der Waals surface area (Å²) in [6.07, 6.45) is -0.415. The Hall–Kier alpha value is -2.89. The van der Waals surface area contributed by atoms with Crippen molar-refractivity contribution in [2.75, 3.05) is 10.6 Å². The average Bonchev–Trinajstić information content (AvgIpc) is 2.55. The standard InChI is InChI=1S/C18H19FN2O3/c1-3-16(24-17-7-5-4-6-15(17)19)18(23)21-14-10-8-13(9-11-14)20-12(2)22/h4-11,16H,3H2,1-2H3,(H,20,22)(H,21,23). The fraction of sp³-hybridized carbons (Fsp3) is 0.222. The molecule has 2 aromatic rings. The lowest BCUT2D eigenvalue weighted by Gasteiger charge is -2.17. The van der Waals surface area contributed by atoms with Crippen LogP contribution < -0.4 is 15.4 Å². The third-order valence-electron chi connectivity index (χ3n) is 3.24. The Morgan fingerprint density at radius 2 is 1.62 bits per heavy atom. The summed E-state index contributed by atoms with van der Waals surface area (Å²) in [5.74, 6) is -1.01. The Morgan fingerprint density at radius 1 is 1.04 bits per heavy atom. The molecule has 0 aliphatic rings. The summed E-state index contributed by atoms with van der Waals surface area (Å²) in [5.41, 5.74) is 1.19. The van der Waals surface area contributed by atoms with Gasteiger partial charge in [0.2, 0.25) is 5.91 Å². The molecule has 2 amide bonds. The van der Waals surface area contributed by atoms with Crippen LogP contribution in [0.3, 0.4) is 0 Å². The largest absolute Gasteiger partial charge is 0.478 e. The number of amides is 2. The number of carbonyl (C=O) groups is 2. The lowest BCUT2D eigenvalue weighted by atomic mass is 10.2. The van der Waals surface area contributed by atoms with Crippen molar-refractivity contribution in [2.45, 2.75) is 26.4 Å². The van der Waals surface area contributed by atoms with Crippen LogP contribution in [0.15, 0.2) is 48.5 Å². The van der Waals surface area contributed by atoms with Gasteiger partial charge in [0, 0.05) is 18.3 Å². The summed E-state index contributed by atoms with van der Waals surface area (Å²) in [6, 6.07) is 12.6. The quantitative estimate of drug-likeness (QED) is 0.851. The minimum absolute atomic E-state index is 0.0421. The highest BCUT2D eigenvalue weighted by Crippen LogP contribution is 2.19. The van der Waals surface area contributed by atoms with Crippen LogP contribution in [-0.2, 0) is 9.59 Å². The first kappa shape index (κ1) is 17.5. The van der Waals surface area contributed by atoms with Crippen LogP contribution in [0.25, 0.3) is 0 Å². The summed E-state index contributed by atoms with van der Waals surface area (Å²) in [4.78, 5) is 23.3. The van der Waals surface area contributed by atoms with Crippen LogP contribution in [0.5, 0.6) is 5.75 Å². The number of anilines is 2. The van der Waals surface area contributed by atoms with Gasteiger partial charge in [-0.3, -0.25) is 9.59 Å². The molecule has 2 aromatic carbocycles. The van der Waals surface area contributed by atoms with E-state index in [2.05, 4.69) is 10.6 Å². The maximum atomic E-state index is 13.6. The van der Waals surface area contributed by atoms with E-state index in [1.807, 2.05) is 0 Å². The Kier molecular flexibility index (Phi) is 5.89. The first-order valence-electron chi connectivity index (χ1n) is 7.59. The third-order valence-corrected chi connectivity index (χ3v) is 3.24. The highest BCUT2D eigenvalue weighted by Gasteiger charge is 2.20. The van der Waals surface area contributed by atoms with Gasteiger partial charge >= 0.3 is 0 Å². The Bertz CT molecular complexity index is 716. The van der Waals surface area contributed by atoms with Crippen molar-refractivity contribution in [3.63, 3.8) is 0 Å². The Balaban J connectivity index is 2.01. The van der Waals surface area contributed by atoms with Gasteiger partial charge in [-0.2, -0.15) is 0 Å². The van der Waals surface area contributed by atoms with Crippen molar-refractivity contribution >= 4 is 23.2 Å². The van der Waals surface area contributed by atoms with E-state index in [0.29, 0.717) is 17.8 Å². The fourth-order valence-corrected chi connectivity index (χ4v) is 2.08. The van der Waals surface area contributed by atoms with Crippen LogP contribution >= 0.6 is 0 Å². The number of hydrogen-bond acceptors (Lipinski definition) is 3. The molecule has 24 heavy (non-hydrogen) atoms. The van der Waals surface area contributed by atoms with Crippen LogP contribution in [0, 0.1) is 5.82 Å².